The fourth-order valence-electron chi connectivity index (χ4n) is 5.89. The largest absolute Gasteiger partial charge is 0.456 e. The predicted octanol–water partition coefficient (Wildman–Crippen LogP) is 13.2. The Morgan fingerprint density at radius 3 is 1.55 bits per heavy atom. The standard InChI is InChI=1S/C46H28O/c1-3-16-32-29(12-1)14-9-22-37(32)44-39-19-5-6-20-40(39)46(38-23-10-15-30-13-2-4-17-33(30)38)45-34(21-11-24-41(44)45)31-26-27-36-35-18-7-8-25-42(35)47-43(36)28-31/h1-28H/i1D,2D,3D,4D,5D,6D,7D,8D,9D,10D,11D,12D,13D,14D,15D,16D,17D,18D,19D,20D,21D,22D,23D,24D,25D,26D,27D,28D. The second kappa shape index (κ2) is 10.2. The molecule has 1 heteroatoms. The molecule has 1 nitrogen and oxygen atoms in total. The van der Waals surface area contributed by atoms with Crippen molar-refractivity contribution >= 4 is 65.0 Å². The highest BCUT2D eigenvalue weighted by Crippen LogP contribution is 2.49. The van der Waals surface area contributed by atoms with E-state index in [1.54, 1.807) is 0 Å². The van der Waals surface area contributed by atoms with E-state index in [0.29, 0.717) is 0 Å². The molecule has 47 heavy (non-hydrogen) atoms. The topological polar surface area (TPSA) is 13.1 Å². The molecule has 10 rings (SSSR count). The van der Waals surface area contributed by atoms with E-state index in [-0.39, 0.29) is 0 Å². The summed E-state index contributed by atoms with van der Waals surface area (Å²) in [6, 6.07) is -27.0. The lowest BCUT2D eigenvalue weighted by atomic mass is 9.81. The van der Waals surface area contributed by atoms with Crippen molar-refractivity contribution in [3.8, 4) is 33.4 Å². The molecule has 1 heterocycles. The van der Waals surface area contributed by atoms with Crippen LogP contribution in [0, 0.1) is 0 Å². The molecule has 0 bridgehead atoms. The maximum Gasteiger partial charge on any atom is 0.136 e. The number of benzene rings is 9. The molecule has 0 aliphatic rings. The molecular formula is C46H28O. The first kappa shape index (κ1) is 10.7. The average Bonchev–Trinajstić information content (AvgIpc) is 3.84. The van der Waals surface area contributed by atoms with E-state index >= 15 is 0 Å². The quantitative estimate of drug-likeness (QED) is 0.178. The number of hydrogen-bond acceptors (Lipinski definition) is 1. The van der Waals surface area contributed by atoms with Crippen molar-refractivity contribution in [3.05, 3.63) is 169 Å². The van der Waals surface area contributed by atoms with Crippen LogP contribution in [-0.4, -0.2) is 0 Å². The lowest BCUT2D eigenvalue weighted by Crippen LogP contribution is -1.94. The lowest BCUT2D eigenvalue weighted by molar-refractivity contribution is 0.669. The summed E-state index contributed by atoms with van der Waals surface area (Å²) < 4.78 is 261. The Bertz CT molecular complexity index is 4430. The maximum absolute atomic E-state index is 9.79. The van der Waals surface area contributed by atoms with Gasteiger partial charge >= 0.3 is 0 Å². The molecule has 10 aromatic rings. The SMILES string of the molecule is [2H]c1c([2H])c([2H])c2c(oc3c([2H])c(-c4c([2H])c([2H])c([2H])c5c(-c6c([2H])c([2H])c([2H])c7c([2H])c([2H])c([2H])c([2H])c67)c6c([2H])c([2H])c([2H])c([2H])c6c(-c6c([2H])c([2H])c([2H])c7c([2H])c([2H])c([2H])c([2H])c67)c45)c([2H])c([2H])c32)c1[2H]. The van der Waals surface area contributed by atoms with E-state index in [1.807, 2.05) is 0 Å². The Labute approximate surface area is 311 Å². The molecule has 0 N–H and O–H groups in total. The van der Waals surface area contributed by atoms with Crippen LogP contribution in [0.1, 0.15) is 38.4 Å². The molecule has 0 unspecified atom stereocenters. The molecule has 0 aliphatic heterocycles. The Morgan fingerprint density at radius 2 is 0.830 bits per heavy atom. The van der Waals surface area contributed by atoms with Gasteiger partial charge in [-0.15, -0.1) is 0 Å². The van der Waals surface area contributed by atoms with Gasteiger partial charge in [0.25, 0.3) is 0 Å². The molecule has 0 amide bonds. The third kappa shape index (κ3) is 3.90. The molecule has 0 saturated carbocycles. The number of furan rings is 1. The zero-order valence-corrected chi connectivity index (χ0v) is 23.4. The van der Waals surface area contributed by atoms with Crippen LogP contribution >= 0.6 is 0 Å². The molecule has 9 aromatic carbocycles. The van der Waals surface area contributed by atoms with E-state index in [4.69, 9.17) is 26.3 Å². The van der Waals surface area contributed by atoms with Gasteiger partial charge < -0.3 is 4.42 Å². The fraction of sp³-hybridized carbons (Fsp3) is 0. The van der Waals surface area contributed by atoms with Crippen molar-refractivity contribution in [3.63, 3.8) is 0 Å². The Kier molecular flexibility index (Phi) is 2.31. The number of fused-ring (bicyclic) bond motifs is 7. The van der Waals surface area contributed by atoms with E-state index in [1.165, 1.54) is 0 Å². The Morgan fingerprint density at radius 1 is 0.340 bits per heavy atom. The number of rotatable bonds is 3. The van der Waals surface area contributed by atoms with Crippen molar-refractivity contribution in [2.24, 2.45) is 0 Å². The second-order valence-electron chi connectivity index (χ2n) is 10.3. The smallest absolute Gasteiger partial charge is 0.136 e. The zero-order valence-electron chi connectivity index (χ0n) is 51.4. The van der Waals surface area contributed by atoms with E-state index in [2.05, 4.69) is 0 Å². The van der Waals surface area contributed by atoms with Gasteiger partial charge in [0, 0.05) is 10.8 Å². The molecule has 1 aromatic heterocycles. The van der Waals surface area contributed by atoms with E-state index in [0.717, 1.165) is 0 Å². The Balaban J connectivity index is 1.66. The highest BCUT2D eigenvalue weighted by molar-refractivity contribution is 6.28. The maximum atomic E-state index is 9.79. The summed E-state index contributed by atoms with van der Waals surface area (Å²) in [5.41, 5.74) is -6.30. The van der Waals surface area contributed by atoms with Gasteiger partial charge in [-0.25, -0.2) is 0 Å². The summed E-state index contributed by atoms with van der Waals surface area (Å²) in [7, 11) is 0. The first-order chi connectivity index (χ1) is 35.0. The van der Waals surface area contributed by atoms with Crippen LogP contribution in [0.5, 0.6) is 0 Å². The molecule has 0 spiro atoms. The third-order valence-corrected chi connectivity index (χ3v) is 7.82. The molecule has 218 valence electrons. The van der Waals surface area contributed by atoms with Crippen molar-refractivity contribution in [2.75, 3.05) is 0 Å². The zero-order chi connectivity index (χ0) is 55.3. The van der Waals surface area contributed by atoms with Crippen molar-refractivity contribution in [1.29, 1.82) is 0 Å². The van der Waals surface area contributed by atoms with Crippen LogP contribution in [0.15, 0.2) is 174 Å². The van der Waals surface area contributed by atoms with Crippen molar-refractivity contribution in [2.45, 2.75) is 0 Å². The van der Waals surface area contributed by atoms with Crippen LogP contribution in [-0.2, 0) is 0 Å². The summed E-state index contributed by atoms with van der Waals surface area (Å²) in [5.74, 6) is 0. The van der Waals surface area contributed by atoms with Crippen molar-refractivity contribution in [1.82, 2.24) is 0 Å². The van der Waals surface area contributed by atoms with E-state index < -0.39 is 268 Å². The number of hydrogen-bond donors (Lipinski definition) is 0. The molecule has 0 radical (unpaired) electrons. The van der Waals surface area contributed by atoms with Gasteiger partial charge in [0.05, 0.1) is 38.4 Å². The highest BCUT2D eigenvalue weighted by Gasteiger charge is 2.22. The van der Waals surface area contributed by atoms with Crippen molar-refractivity contribution < 1.29 is 42.8 Å². The molecule has 0 fully saturated rings. The van der Waals surface area contributed by atoms with Gasteiger partial charge in [-0.2, -0.15) is 0 Å². The second-order valence-corrected chi connectivity index (χ2v) is 10.3. The van der Waals surface area contributed by atoms with Gasteiger partial charge in [0.2, 0.25) is 0 Å². The predicted molar refractivity (Wildman–Crippen MR) is 200 cm³/mol. The van der Waals surface area contributed by atoms with Gasteiger partial charge in [0.15, 0.2) is 0 Å². The van der Waals surface area contributed by atoms with Gasteiger partial charge in [-0.05, 0) is 94.6 Å². The minimum Gasteiger partial charge on any atom is -0.456 e. The first-order valence-electron chi connectivity index (χ1n) is 27.9. The first-order valence-corrected chi connectivity index (χ1v) is 13.9. The minimum atomic E-state index is -1.12. The Hall–Kier alpha value is -6.18. The van der Waals surface area contributed by atoms with Gasteiger partial charge in [0.1, 0.15) is 11.2 Å². The molecule has 0 aliphatic carbocycles. The summed E-state index contributed by atoms with van der Waals surface area (Å²) in [6.45, 7) is 0. The van der Waals surface area contributed by atoms with Crippen LogP contribution in [0.4, 0.5) is 0 Å². The van der Waals surface area contributed by atoms with Gasteiger partial charge in [-0.3, -0.25) is 0 Å². The normalized spacial score (nSPS) is 20.2. The highest BCUT2D eigenvalue weighted by atomic mass is 16.3. The fourth-order valence-corrected chi connectivity index (χ4v) is 5.89. The average molecular weight is 625 g/mol. The summed E-state index contributed by atoms with van der Waals surface area (Å²) in [5, 5.41) is -7.08. The molecule has 0 atom stereocenters. The summed E-state index contributed by atoms with van der Waals surface area (Å²) in [6.07, 6.45) is 0. The van der Waals surface area contributed by atoms with Crippen LogP contribution in [0.2, 0.25) is 0 Å². The summed E-state index contributed by atoms with van der Waals surface area (Å²) in [4.78, 5) is 0. The monoisotopic (exact) mass is 624 g/mol. The van der Waals surface area contributed by atoms with Crippen LogP contribution in [0.3, 0.4) is 0 Å². The van der Waals surface area contributed by atoms with E-state index in [9.17, 15) is 16.4 Å². The van der Waals surface area contributed by atoms with Crippen LogP contribution < -0.4 is 0 Å². The summed E-state index contributed by atoms with van der Waals surface area (Å²) >= 11 is 0. The number of para-hydroxylation sites is 1. The van der Waals surface area contributed by atoms with Crippen LogP contribution in [0.25, 0.3) is 98.4 Å². The lowest BCUT2D eigenvalue weighted by Gasteiger charge is -2.22. The van der Waals surface area contributed by atoms with Gasteiger partial charge in [-0.1, -0.05) is 151 Å². The molecule has 0 saturated heterocycles. The molecular weight excluding hydrogens is 569 g/mol. The minimum absolute atomic E-state index is 0.431. The third-order valence-electron chi connectivity index (χ3n) is 7.82.